The SMILES string of the molecule is O=c1[nH]cc(I)c2nc(N[C@H]3CCCN(S(=O)(=O)C4CC4)C3)c3ccc(Br)cc3c12. The molecule has 2 aromatic heterocycles. The van der Waals surface area contributed by atoms with E-state index in [-0.39, 0.29) is 16.9 Å². The first-order valence-corrected chi connectivity index (χ1v) is 13.3. The van der Waals surface area contributed by atoms with Crippen LogP contribution >= 0.6 is 38.5 Å². The summed E-state index contributed by atoms with van der Waals surface area (Å²) in [5.74, 6) is 0.684. The Labute approximate surface area is 196 Å². The van der Waals surface area contributed by atoms with Crippen molar-refractivity contribution < 1.29 is 8.42 Å². The molecule has 2 aliphatic rings. The molecule has 2 N–H and O–H groups in total. The van der Waals surface area contributed by atoms with Gasteiger partial charge in [0.25, 0.3) is 5.56 Å². The van der Waals surface area contributed by atoms with Crippen LogP contribution < -0.4 is 10.9 Å². The monoisotopic (exact) mass is 602 g/mol. The van der Waals surface area contributed by atoms with Gasteiger partial charge >= 0.3 is 0 Å². The molecular weight excluding hydrogens is 583 g/mol. The maximum absolute atomic E-state index is 12.7. The third-order valence-corrected chi connectivity index (χ3v) is 9.46. The molecule has 1 saturated carbocycles. The number of piperidine rings is 1. The summed E-state index contributed by atoms with van der Waals surface area (Å²) < 4.78 is 28.8. The van der Waals surface area contributed by atoms with Crippen molar-refractivity contribution in [1.82, 2.24) is 14.3 Å². The maximum Gasteiger partial charge on any atom is 0.258 e. The molecule has 7 nitrogen and oxygen atoms in total. The van der Waals surface area contributed by atoms with Gasteiger partial charge in [-0.05, 0) is 66.5 Å². The van der Waals surface area contributed by atoms with Crippen LogP contribution in [0.5, 0.6) is 0 Å². The summed E-state index contributed by atoms with van der Waals surface area (Å²) in [6, 6.07) is 5.77. The van der Waals surface area contributed by atoms with Gasteiger partial charge < -0.3 is 10.3 Å². The van der Waals surface area contributed by atoms with E-state index >= 15 is 0 Å². The highest BCUT2D eigenvalue weighted by Gasteiger charge is 2.41. The van der Waals surface area contributed by atoms with Crippen LogP contribution in [0.1, 0.15) is 25.7 Å². The number of benzene rings is 1. The van der Waals surface area contributed by atoms with Gasteiger partial charge in [0.2, 0.25) is 10.0 Å². The molecule has 0 bridgehead atoms. The van der Waals surface area contributed by atoms with Crippen molar-refractivity contribution in [2.45, 2.75) is 37.0 Å². The fourth-order valence-electron chi connectivity index (χ4n) is 4.13. The van der Waals surface area contributed by atoms with Gasteiger partial charge in [-0.2, -0.15) is 4.31 Å². The van der Waals surface area contributed by atoms with Crippen molar-refractivity contribution in [3.05, 3.63) is 42.8 Å². The number of nitrogens with zero attached hydrogens (tertiary/aromatic N) is 2. The normalized spacial score (nSPS) is 20.7. The number of hydrogen-bond donors (Lipinski definition) is 2. The molecule has 1 aliphatic heterocycles. The average Bonchev–Trinajstić information content (AvgIpc) is 3.57. The zero-order valence-corrected chi connectivity index (χ0v) is 20.6. The molecule has 1 aliphatic carbocycles. The van der Waals surface area contributed by atoms with E-state index in [0.29, 0.717) is 29.8 Å². The quantitative estimate of drug-likeness (QED) is 0.350. The minimum absolute atomic E-state index is 0.0243. The predicted molar refractivity (Wildman–Crippen MR) is 130 cm³/mol. The lowest BCUT2D eigenvalue weighted by molar-refractivity contribution is 0.326. The van der Waals surface area contributed by atoms with Crippen LogP contribution in [0, 0.1) is 3.57 Å². The Balaban J connectivity index is 1.57. The van der Waals surface area contributed by atoms with Crippen LogP contribution in [-0.2, 0) is 10.0 Å². The Hall–Kier alpha value is -1.24. The van der Waals surface area contributed by atoms with Crippen LogP contribution in [0.25, 0.3) is 21.7 Å². The maximum atomic E-state index is 12.7. The smallest absolute Gasteiger partial charge is 0.258 e. The van der Waals surface area contributed by atoms with E-state index in [1.165, 1.54) is 0 Å². The standard InChI is InChI=1S/C20H20BrIN4O3S/c21-11-3-6-14-15(8-11)17-18(16(22)9-23-20(17)27)25-19(14)24-12-2-1-7-26(10-12)30(28,29)13-4-5-13/h3,6,8-9,12-13H,1-2,4-5,7,10H2,(H,23,27)(H,24,25)/t12-/m0/s1. The average molecular weight is 603 g/mol. The predicted octanol–water partition coefficient (Wildman–Crippen LogP) is 3.81. The molecule has 10 heteroatoms. The summed E-state index contributed by atoms with van der Waals surface area (Å²) in [7, 11) is -3.19. The van der Waals surface area contributed by atoms with Crippen molar-refractivity contribution in [3.8, 4) is 0 Å². The second-order valence-corrected chi connectivity index (χ2v) is 12.2. The largest absolute Gasteiger partial charge is 0.365 e. The second kappa shape index (κ2) is 7.72. The van der Waals surface area contributed by atoms with E-state index in [2.05, 4.69) is 48.8 Å². The lowest BCUT2D eigenvalue weighted by Crippen LogP contribution is -2.46. The molecule has 0 amide bonds. The third kappa shape index (κ3) is 3.65. The molecule has 158 valence electrons. The fraction of sp³-hybridized carbons (Fsp3) is 0.400. The first-order valence-electron chi connectivity index (χ1n) is 9.90. The van der Waals surface area contributed by atoms with E-state index in [1.54, 1.807) is 10.5 Å². The summed E-state index contributed by atoms with van der Waals surface area (Å²) in [5.41, 5.74) is 0.470. The van der Waals surface area contributed by atoms with Gasteiger partial charge in [-0.1, -0.05) is 15.9 Å². The number of aromatic amines is 1. The van der Waals surface area contributed by atoms with Gasteiger partial charge in [0.05, 0.1) is 19.7 Å². The summed E-state index contributed by atoms with van der Waals surface area (Å²) in [6.07, 6.45) is 4.90. The number of sulfonamides is 1. The van der Waals surface area contributed by atoms with Gasteiger partial charge in [0.15, 0.2) is 0 Å². The van der Waals surface area contributed by atoms with Gasteiger partial charge in [0.1, 0.15) is 5.82 Å². The minimum Gasteiger partial charge on any atom is -0.365 e. The molecule has 0 unspecified atom stereocenters. The van der Waals surface area contributed by atoms with Crippen molar-refractivity contribution in [3.63, 3.8) is 0 Å². The molecule has 2 fully saturated rings. The Kier molecular flexibility index (Phi) is 5.31. The van der Waals surface area contributed by atoms with Crippen LogP contribution in [0.3, 0.4) is 0 Å². The number of pyridine rings is 2. The second-order valence-electron chi connectivity index (χ2n) is 7.93. The highest BCUT2D eigenvalue weighted by molar-refractivity contribution is 14.1. The number of aromatic nitrogens is 2. The number of nitrogens with one attached hydrogen (secondary N) is 2. The number of H-pyrrole nitrogens is 1. The van der Waals surface area contributed by atoms with Crippen LogP contribution in [0.15, 0.2) is 33.7 Å². The molecular formula is C20H20BrIN4O3S. The van der Waals surface area contributed by atoms with Gasteiger partial charge in [0, 0.05) is 40.6 Å². The van der Waals surface area contributed by atoms with E-state index in [9.17, 15) is 13.2 Å². The van der Waals surface area contributed by atoms with Crippen LogP contribution in [0.2, 0.25) is 0 Å². The fourth-order valence-corrected chi connectivity index (χ4v) is 6.96. The van der Waals surface area contributed by atoms with Crippen LogP contribution in [0.4, 0.5) is 5.82 Å². The minimum atomic E-state index is -3.19. The van der Waals surface area contributed by atoms with Gasteiger partial charge in [-0.25, -0.2) is 13.4 Å². The zero-order chi connectivity index (χ0) is 21.0. The number of anilines is 1. The number of halogens is 2. The third-order valence-electron chi connectivity index (χ3n) is 5.78. The Morgan fingerprint density at radius 1 is 1.23 bits per heavy atom. The zero-order valence-electron chi connectivity index (χ0n) is 16.0. The topological polar surface area (TPSA) is 95.2 Å². The molecule has 1 aromatic carbocycles. The molecule has 0 radical (unpaired) electrons. The van der Waals surface area contributed by atoms with Gasteiger partial charge in [-0.3, -0.25) is 4.79 Å². The Morgan fingerprint density at radius 3 is 2.80 bits per heavy atom. The lowest BCUT2D eigenvalue weighted by Gasteiger charge is -2.33. The molecule has 5 rings (SSSR count). The molecule has 0 spiro atoms. The summed E-state index contributed by atoms with van der Waals surface area (Å²) in [5, 5.41) is 5.53. The molecule has 30 heavy (non-hydrogen) atoms. The Bertz CT molecular complexity index is 1320. The Morgan fingerprint density at radius 2 is 2.03 bits per heavy atom. The lowest BCUT2D eigenvalue weighted by atomic mass is 10.0. The summed E-state index contributed by atoms with van der Waals surface area (Å²) in [6.45, 7) is 1.03. The van der Waals surface area contributed by atoms with Crippen molar-refractivity contribution >= 4 is 76.0 Å². The van der Waals surface area contributed by atoms with Crippen molar-refractivity contribution in [2.24, 2.45) is 0 Å². The van der Waals surface area contributed by atoms with Gasteiger partial charge in [-0.15, -0.1) is 0 Å². The summed E-state index contributed by atoms with van der Waals surface area (Å²) in [4.78, 5) is 20.2. The van der Waals surface area contributed by atoms with E-state index in [4.69, 9.17) is 4.98 Å². The highest BCUT2D eigenvalue weighted by Crippen LogP contribution is 2.34. The molecule has 1 saturated heterocycles. The molecule has 3 aromatic rings. The van der Waals surface area contributed by atoms with E-state index in [1.807, 2.05) is 18.2 Å². The van der Waals surface area contributed by atoms with E-state index in [0.717, 1.165) is 44.5 Å². The molecule has 1 atom stereocenters. The van der Waals surface area contributed by atoms with Crippen molar-refractivity contribution in [2.75, 3.05) is 18.4 Å². The highest BCUT2D eigenvalue weighted by atomic mass is 127. The molecule has 3 heterocycles. The van der Waals surface area contributed by atoms with E-state index < -0.39 is 10.0 Å². The summed E-state index contributed by atoms with van der Waals surface area (Å²) >= 11 is 5.68. The number of fused-ring (bicyclic) bond motifs is 3. The number of rotatable bonds is 4. The van der Waals surface area contributed by atoms with Crippen molar-refractivity contribution in [1.29, 1.82) is 0 Å². The first kappa shape index (κ1) is 20.7. The van der Waals surface area contributed by atoms with Crippen LogP contribution in [-0.4, -0.2) is 47.1 Å². The first-order chi connectivity index (χ1) is 14.3. The number of hydrogen-bond acceptors (Lipinski definition) is 5.